The molecule has 0 radical (unpaired) electrons. The smallest absolute Gasteiger partial charge is 0.326 e. The number of thioether (sulfide) groups is 1. The lowest BCUT2D eigenvalue weighted by atomic mass is 9.77. The summed E-state index contributed by atoms with van der Waals surface area (Å²) in [6, 6.07) is 12.6. The number of benzene rings is 2. The number of aromatic nitrogens is 1. The third-order valence-corrected chi connectivity index (χ3v) is 8.50. The van der Waals surface area contributed by atoms with Gasteiger partial charge in [-0.25, -0.2) is 9.78 Å². The van der Waals surface area contributed by atoms with E-state index in [1.54, 1.807) is 17.8 Å². The Bertz CT molecular complexity index is 1240. The van der Waals surface area contributed by atoms with Crippen molar-refractivity contribution in [1.82, 2.24) is 10.3 Å². The number of oxazole rings is 1. The standard InChI is InChI=1S/C32H40N2O5S/c1-22-8-6-7-11-25(22)28-18-23(12-13-27(28)31(35)34-29(32(36)37)15-17-40-2)20-38-16-14-26(30-19-33-21-39-30)24-9-4-3-5-10-24/h6-8,11-13,18-19,21,24,26,29H,3-5,9-10,14-17,20H2,1-2H3,(H,34,35)(H,36,37)/t26?,29-/m0/s1. The van der Waals surface area contributed by atoms with Gasteiger partial charge in [-0.1, -0.05) is 49.6 Å². The van der Waals surface area contributed by atoms with Gasteiger partial charge in [-0.3, -0.25) is 4.79 Å². The Hall–Kier alpha value is -3.10. The van der Waals surface area contributed by atoms with Crippen LogP contribution in [0.2, 0.25) is 0 Å². The highest BCUT2D eigenvalue weighted by Crippen LogP contribution is 2.38. The van der Waals surface area contributed by atoms with E-state index in [1.165, 1.54) is 38.5 Å². The van der Waals surface area contributed by atoms with Gasteiger partial charge in [0.1, 0.15) is 11.8 Å². The quantitative estimate of drug-likeness (QED) is 0.206. The van der Waals surface area contributed by atoms with E-state index in [-0.39, 0.29) is 5.91 Å². The molecule has 0 aliphatic heterocycles. The number of aliphatic carboxylic acids is 1. The summed E-state index contributed by atoms with van der Waals surface area (Å²) in [5.74, 6) is 1.09. The fourth-order valence-electron chi connectivity index (χ4n) is 5.66. The highest BCUT2D eigenvalue weighted by Gasteiger charge is 2.27. The van der Waals surface area contributed by atoms with E-state index in [4.69, 9.17) is 9.15 Å². The zero-order valence-corrected chi connectivity index (χ0v) is 24.3. The maximum atomic E-state index is 13.3. The van der Waals surface area contributed by atoms with Gasteiger partial charge in [0.05, 0.1) is 12.8 Å². The monoisotopic (exact) mass is 564 g/mol. The van der Waals surface area contributed by atoms with Gasteiger partial charge in [0, 0.05) is 18.1 Å². The number of hydrogen-bond acceptors (Lipinski definition) is 6. The molecule has 1 aliphatic carbocycles. The molecule has 0 bridgehead atoms. The van der Waals surface area contributed by atoms with Gasteiger partial charge < -0.3 is 19.6 Å². The van der Waals surface area contributed by atoms with Crippen LogP contribution >= 0.6 is 11.8 Å². The second kappa shape index (κ2) is 15.1. The first-order valence-corrected chi connectivity index (χ1v) is 15.5. The molecule has 0 spiro atoms. The maximum absolute atomic E-state index is 13.3. The van der Waals surface area contributed by atoms with Crippen molar-refractivity contribution in [2.75, 3.05) is 18.6 Å². The van der Waals surface area contributed by atoms with Crippen molar-refractivity contribution in [3.05, 3.63) is 77.5 Å². The van der Waals surface area contributed by atoms with Crippen molar-refractivity contribution in [1.29, 1.82) is 0 Å². The third-order valence-electron chi connectivity index (χ3n) is 7.86. The molecule has 2 aromatic carbocycles. The summed E-state index contributed by atoms with van der Waals surface area (Å²) in [5, 5.41) is 12.4. The summed E-state index contributed by atoms with van der Waals surface area (Å²) in [5.41, 5.74) is 4.16. The van der Waals surface area contributed by atoms with Crippen molar-refractivity contribution >= 4 is 23.6 Å². The molecule has 214 valence electrons. The molecule has 1 saturated carbocycles. The zero-order valence-electron chi connectivity index (χ0n) is 23.4. The van der Waals surface area contributed by atoms with Crippen molar-refractivity contribution in [2.45, 2.75) is 70.4 Å². The number of rotatable bonds is 14. The molecule has 1 amide bonds. The molecule has 2 atom stereocenters. The van der Waals surface area contributed by atoms with Crippen LogP contribution in [0.1, 0.15) is 78.1 Å². The van der Waals surface area contributed by atoms with Crippen molar-refractivity contribution in [3.63, 3.8) is 0 Å². The van der Waals surface area contributed by atoms with Crippen molar-refractivity contribution in [3.8, 4) is 11.1 Å². The molecular weight excluding hydrogens is 524 g/mol. The fourth-order valence-corrected chi connectivity index (χ4v) is 6.13. The van der Waals surface area contributed by atoms with E-state index in [0.29, 0.717) is 42.8 Å². The lowest BCUT2D eigenvalue weighted by molar-refractivity contribution is -0.139. The minimum Gasteiger partial charge on any atom is -0.480 e. The lowest BCUT2D eigenvalue weighted by Crippen LogP contribution is -2.41. The Morgan fingerprint density at radius 1 is 1.12 bits per heavy atom. The van der Waals surface area contributed by atoms with Crippen LogP contribution < -0.4 is 5.32 Å². The number of carboxylic acid groups (broad SMARTS) is 1. The van der Waals surface area contributed by atoms with Crippen molar-refractivity contribution < 1.29 is 23.8 Å². The van der Waals surface area contributed by atoms with Gasteiger partial charge in [0.15, 0.2) is 6.39 Å². The van der Waals surface area contributed by atoms with Crippen LogP contribution in [0.25, 0.3) is 11.1 Å². The van der Waals surface area contributed by atoms with Crippen molar-refractivity contribution in [2.24, 2.45) is 5.92 Å². The topological polar surface area (TPSA) is 102 Å². The molecular formula is C32H40N2O5S. The van der Waals surface area contributed by atoms with Crippen LogP contribution in [-0.4, -0.2) is 46.6 Å². The number of nitrogens with one attached hydrogen (secondary N) is 1. The fraction of sp³-hybridized carbons (Fsp3) is 0.469. The Morgan fingerprint density at radius 3 is 2.62 bits per heavy atom. The Balaban J connectivity index is 1.47. The molecule has 8 heteroatoms. The van der Waals surface area contributed by atoms with E-state index < -0.39 is 12.0 Å². The van der Waals surface area contributed by atoms with Crippen LogP contribution in [0.4, 0.5) is 0 Å². The first-order valence-electron chi connectivity index (χ1n) is 14.2. The van der Waals surface area contributed by atoms with Gasteiger partial charge in [-0.2, -0.15) is 11.8 Å². The Morgan fingerprint density at radius 2 is 1.93 bits per heavy atom. The molecule has 2 N–H and O–H groups in total. The predicted molar refractivity (Wildman–Crippen MR) is 159 cm³/mol. The summed E-state index contributed by atoms with van der Waals surface area (Å²) < 4.78 is 11.9. The molecule has 7 nitrogen and oxygen atoms in total. The van der Waals surface area contributed by atoms with Gasteiger partial charge >= 0.3 is 5.97 Å². The van der Waals surface area contributed by atoms with Gasteiger partial charge in [0.2, 0.25) is 0 Å². The number of nitrogens with zero attached hydrogens (tertiary/aromatic N) is 1. The second-order valence-corrected chi connectivity index (χ2v) is 11.6. The molecule has 1 aromatic heterocycles. The molecule has 0 saturated heterocycles. The first-order chi connectivity index (χ1) is 19.5. The summed E-state index contributed by atoms with van der Waals surface area (Å²) in [4.78, 5) is 29.2. The Kier molecular flexibility index (Phi) is 11.2. The van der Waals surface area contributed by atoms with E-state index in [1.807, 2.05) is 55.8 Å². The summed E-state index contributed by atoms with van der Waals surface area (Å²) in [6.45, 7) is 3.02. The third kappa shape index (κ3) is 7.98. The maximum Gasteiger partial charge on any atom is 0.326 e. The molecule has 1 unspecified atom stereocenters. The number of carbonyl (C=O) groups excluding carboxylic acids is 1. The van der Waals surface area contributed by atoms with E-state index in [0.717, 1.165) is 34.4 Å². The highest BCUT2D eigenvalue weighted by atomic mass is 32.2. The number of amides is 1. The van der Waals surface area contributed by atoms with E-state index >= 15 is 0 Å². The first kappa shape index (κ1) is 29.9. The van der Waals surface area contributed by atoms with Gasteiger partial charge in [-0.05, 0) is 84.9 Å². The number of hydrogen-bond donors (Lipinski definition) is 2. The van der Waals surface area contributed by atoms with Crippen LogP contribution in [0.15, 0.2) is 59.5 Å². The minimum atomic E-state index is -1.03. The largest absolute Gasteiger partial charge is 0.480 e. The SMILES string of the molecule is CSCC[C@H](NC(=O)c1ccc(COCCC(c2cnco2)C2CCCCC2)cc1-c1ccccc1C)C(=O)O. The predicted octanol–water partition coefficient (Wildman–Crippen LogP) is 6.86. The van der Waals surface area contributed by atoms with Crippen LogP contribution in [0, 0.1) is 12.8 Å². The molecule has 3 aromatic rings. The summed E-state index contributed by atoms with van der Waals surface area (Å²) in [6.07, 6.45) is 12.8. The molecule has 1 aliphatic rings. The highest BCUT2D eigenvalue weighted by molar-refractivity contribution is 7.98. The molecule has 4 rings (SSSR count). The van der Waals surface area contributed by atoms with Crippen LogP contribution in [0.5, 0.6) is 0 Å². The number of aryl methyl sites for hydroxylation is 1. The average molecular weight is 565 g/mol. The zero-order chi connectivity index (χ0) is 28.3. The average Bonchev–Trinajstić information content (AvgIpc) is 3.50. The number of ether oxygens (including phenoxy) is 1. The van der Waals surface area contributed by atoms with Crippen LogP contribution in [-0.2, 0) is 16.1 Å². The second-order valence-electron chi connectivity index (χ2n) is 10.6. The number of carboxylic acids is 1. The number of carbonyl (C=O) groups is 2. The molecule has 1 heterocycles. The molecule has 1 fully saturated rings. The summed E-state index contributed by atoms with van der Waals surface area (Å²) in [7, 11) is 0. The lowest BCUT2D eigenvalue weighted by Gasteiger charge is -2.28. The minimum absolute atomic E-state index is 0.310. The van der Waals surface area contributed by atoms with Crippen LogP contribution in [0.3, 0.4) is 0 Å². The Labute approximate surface area is 241 Å². The van der Waals surface area contributed by atoms with E-state index in [2.05, 4.69) is 10.3 Å². The summed E-state index contributed by atoms with van der Waals surface area (Å²) >= 11 is 1.56. The normalized spacial score (nSPS) is 15.4. The van der Waals surface area contributed by atoms with Gasteiger partial charge in [-0.15, -0.1) is 0 Å². The van der Waals surface area contributed by atoms with E-state index in [9.17, 15) is 14.7 Å². The molecule has 40 heavy (non-hydrogen) atoms. The van der Waals surface area contributed by atoms with Gasteiger partial charge in [0.25, 0.3) is 5.91 Å².